The first-order chi connectivity index (χ1) is 10.1. The van der Waals surface area contributed by atoms with Crippen LogP contribution in [0, 0.1) is 0 Å². The third-order valence-electron chi connectivity index (χ3n) is 2.64. The van der Waals surface area contributed by atoms with Crippen molar-refractivity contribution in [1.29, 1.82) is 0 Å². The molecule has 21 heavy (non-hydrogen) atoms. The van der Waals surface area contributed by atoms with E-state index in [-0.39, 0.29) is 11.5 Å². The average molecular weight is 308 g/mol. The Morgan fingerprint density at radius 2 is 2.29 bits per heavy atom. The number of primary amides is 1. The Labute approximate surface area is 126 Å². The smallest absolute Gasteiger partial charge is 0.273 e. The quantitative estimate of drug-likeness (QED) is 0.650. The van der Waals surface area contributed by atoms with Gasteiger partial charge in [0.1, 0.15) is 0 Å². The highest BCUT2D eigenvalue weighted by atomic mass is 35.5. The molecule has 1 aromatic heterocycles. The van der Waals surface area contributed by atoms with E-state index in [0.29, 0.717) is 18.2 Å². The number of halogens is 1. The molecule has 0 aliphatic carbocycles. The van der Waals surface area contributed by atoms with Crippen LogP contribution >= 0.6 is 11.6 Å². The molecule has 0 atom stereocenters. The zero-order valence-corrected chi connectivity index (χ0v) is 12.1. The van der Waals surface area contributed by atoms with Crippen LogP contribution in [0.5, 0.6) is 0 Å². The van der Waals surface area contributed by atoms with Gasteiger partial charge in [-0.15, -0.1) is 5.10 Å². The highest BCUT2D eigenvalue weighted by molar-refractivity contribution is 6.31. The number of benzene rings is 1. The van der Waals surface area contributed by atoms with Crippen molar-refractivity contribution in [3.63, 3.8) is 0 Å². The van der Waals surface area contributed by atoms with Crippen molar-refractivity contribution in [1.82, 2.24) is 15.0 Å². The van der Waals surface area contributed by atoms with Gasteiger partial charge in [-0.05, 0) is 18.6 Å². The van der Waals surface area contributed by atoms with Gasteiger partial charge in [-0.1, -0.05) is 35.0 Å². The Kier molecular flexibility index (Phi) is 4.89. The molecule has 0 saturated carbocycles. The molecule has 0 radical (unpaired) electrons. The van der Waals surface area contributed by atoms with Gasteiger partial charge in [0.2, 0.25) is 0 Å². The minimum atomic E-state index is -0.705. The molecule has 8 heteroatoms. The summed E-state index contributed by atoms with van der Waals surface area (Å²) in [5.41, 5.74) is 6.07. The van der Waals surface area contributed by atoms with Gasteiger partial charge in [-0.3, -0.25) is 4.79 Å². The van der Waals surface area contributed by atoms with Gasteiger partial charge < -0.3 is 10.5 Å². The van der Waals surface area contributed by atoms with Crippen molar-refractivity contribution in [3.8, 4) is 0 Å². The summed E-state index contributed by atoms with van der Waals surface area (Å²) >= 11 is 6.11. The molecule has 1 aromatic carbocycles. The molecule has 2 rings (SSSR count). The van der Waals surface area contributed by atoms with Crippen LogP contribution in [0.3, 0.4) is 0 Å². The first-order valence-electron chi connectivity index (χ1n) is 6.24. The lowest BCUT2D eigenvalue weighted by molar-refractivity contribution is 0.0996. The summed E-state index contributed by atoms with van der Waals surface area (Å²) in [5.74, 6) is -0.472. The van der Waals surface area contributed by atoms with Gasteiger partial charge in [-0.25, -0.2) is 4.68 Å². The fourth-order valence-corrected chi connectivity index (χ4v) is 1.85. The van der Waals surface area contributed by atoms with Gasteiger partial charge >= 0.3 is 0 Å². The maximum absolute atomic E-state index is 11.4. The predicted molar refractivity (Wildman–Crippen MR) is 78.9 cm³/mol. The van der Waals surface area contributed by atoms with Crippen molar-refractivity contribution in [3.05, 3.63) is 40.5 Å². The molecule has 1 heterocycles. The van der Waals surface area contributed by atoms with Crippen LogP contribution in [0.1, 0.15) is 23.0 Å². The molecule has 0 aliphatic heterocycles. The molecule has 0 unspecified atom stereocenters. The number of rotatable bonds is 6. The van der Waals surface area contributed by atoms with Crippen molar-refractivity contribution in [2.45, 2.75) is 13.5 Å². The third-order valence-corrected chi connectivity index (χ3v) is 3.01. The van der Waals surface area contributed by atoms with Gasteiger partial charge in [0.25, 0.3) is 5.91 Å². The number of nitrogens with zero attached hydrogens (tertiary/aromatic N) is 4. The number of aromatic nitrogens is 3. The summed E-state index contributed by atoms with van der Waals surface area (Å²) in [5, 5.41) is 8.23. The zero-order chi connectivity index (χ0) is 15.2. The van der Waals surface area contributed by atoms with Crippen molar-refractivity contribution >= 4 is 29.7 Å². The van der Waals surface area contributed by atoms with E-state index < -0.39 is 5.91 Å². The molecule has 0 aliphatic rings. The van der Waals surface area contributed by atoms with Crippen LogP contribution in [0.15, 0.2) is 29.3 Å². The molecule has 0 saturated heterocycles. The summed E-state index contributed by atoms with van der Waals surface area (Å²) in [6, 6.07) is 7.31. The summed E-state index contributed by atoms with van der Waals surface area (Å²) in [6.45, 7) is 2.60. The number of carbonyl (C=O) groups is 1. The number of carbonyl (C=O) groups excluding carboxylic acids is 1. The Hall–Kier alpha value is -2.41. The lowest BCUT2D eigenvalue weighted by Gasteiger charge is -2.05. The summed E-state index contributed by atoms with van der Waals surface area (Å²) in [7, 11) is 0. The number of hydrogen-bond acceptors (Lipinski definition) is 5. The van der Waals surface area contributed by atoms with Crippen LogP contribution in [0.2, 0.25) is 5.02 Å². The number of hydrogen-bond donors (Lipinski definition) is 1. The number of ether oxygens (including phenoxy) is 1. The van der Waals surface area contributed by atoms with Crippen LogP contribution in [0.4, 0.5) is 5.82 Å². The van der Waals surface area contributed by atoms with E-state index in [0.717, 1.165) is 5.56 Å². The van der Waals surface area contributed by atoms with Crippen LogP contribution in [0.25, 0.3) is 0 Å². The first kappa shape index (κ1) is 15.0. The lowest BCUT2D eigenvalue weighted by atomic mass is 10.2. The SMILES string of the molecule is CCOC=Nc1c(C(N)=O)nnn1Cc1ccccc1Cl. The molecular weight excluding hydrogens is 294 g/mol. The Morgan fingerprint density at radius 1 is 1.52 bits per heavy atom. The molecule has 0 bridgehead atoms. The maximum atomic E-state index is 11.4. The standard InChI is InChI=1S/C13H14ClN5O2/c1-2-21-8-16-13-11(12(15)20)17-18-19(13)7-9-5-3-4-6-10(9)14/h3-6,8H,2,7H2,1H3,(H2,15,20). The average Bonchev–Trinajstić information content (AvgIpc) is 2.85. The largest absolute Gasteiger partial charge is 0.483 e. The van der Waals surface area contributed by atoms with Crippen LogP contribution < -0.4 is 5.73 Å². The predicted octanol–water partition coefficient (Wildman–Crippen LogP) is 1.77. The second-order valence-electron chi connectivity index (χ2n) is 4.06. The van der Waals surface area contributed by atoms with E-state index in [1.165, 1.54) is 11.1 Å². The number of nitrogens with two attached hydrogens (primary N) is 1. The maximum Gasteiger partial charge on any atom is 0.273 e. The summed E-state index contributed by atoms with van der Waals surface area (Å²) in [6.07, 6.45) is 1.23. The summed E-state index contributed by atoms with van der Waals surface area (Å²) < 4.78 is 6.47. The third kappa shape index (κ3) is 3.57. The van der Waals surface area contributed by atoms with Gasteiger partial charge in [-0.2, -0.15) is 4.99 Å². The molecule has 0 spiro atoms. The molecule has 110 valence electrons. The van der Waals surface area contributed by atoms with Gasteiger partial charge in [0.15, 0.2) is 17.9 Å². The highest BCUT2D eigenvalue weighted by Gasteiger charge is 2.17. The van der Waals surface area contributed by atoms with E-state index in [2.05, 4.69) is 15.3 Å². The van der Waals surface area contributed by atoms with Crippen LogP contribution in [-0.2, 0) is 11.3 Å². The zero-order valence-electron chi connectivity index (χ0n) is 11.4. The van der Waals surface area contributed by atoms with E-state index in [1.807, 2.05) is 25.1 Å². The van der Waals surface area contributed by atoms with Crippen molar-refractivity contribution in [2.75, 3.05) is 6.61 Å². The van der Waals surface area contributed by atoms with Crippen molar-refractivity contribution < 1.29 is 9.53 Å². The minimum absolute atomic E-state index is 0.0157. The topological polar surface area (TPSA) is 95.4 Å². The second kappa shape index (κ2) is 6.85. The monoisotopic (exact) mass is 307 g/mol. The van der Waals surface area contributed by atoms with Gasteiger partial charge in [0, 0.05) is 5.02 Å². The fraction of sp³-hybridized carbons (Fsp3) is 0.231. The van der Waals surface area contributed by atoms with Gasteiger partial charge in [0.05, 0.1) is 13.2 Å². The number of amides is 1. The molecule has 2 N–H and O–H groups in total. The first-order valence-corrected chi connectivity index (χ1v) is 6.62. The Balaban J connectivity index is 2.35. The molecule has 1 amide bonds. The highest BCUT2D eigenvalue weighted by Crippen LogP contribution is 2.21. The van der Waals surface area contributed by atoms with E-state index >= 15 is 0 Å². The van der Waals surface area contributed by atoms with Crippen molar-refractivity contribution in [2.24, 2.45) is 10.7 Å². The Bertz CT molecular complexity index is 668. The molecule has 7 nitrogen and oxygen atoms in total. The second-order valence-corrected chi connectivity index (χ2v) is 4.47. The lowest BCUT2D eigenvalue weighted by Crippen LogP contribution is -2.12. The fourth-order valence-electron chi connectivity index (χ4n) is 1.65. The van der Waals surface area contributed by atoms with E-state index in [9.17, 15) is 4.79 Å². The number of aliphatic imine (C=N–C) groups is 1. The molecule has 2 aromatic rings. The van der Waals surface area contributed by atoms with Crippen LogP contribution in [-0.4, -0.2) is 33.9 Å². The van der Waals surface area contributed by atoms with E-state index in [1.54, 1.807) is 6.07 Å². The van der Waals surface area contributed by atoms with E-state index in [4.69, 9.17) is 22.1 Å². The normalized spacial score (nSPS) is 11.0. The Morgan fingerprint density at radius 3 is 2.95 bits per heavy atom. The minimum Gasteiger partial charge on any atom is -0.483 e. The summed E-state index contributed by atoms with van der Waals surface area (Å²) in [4.78, 5) is 15.4. The molecular formula is C13H14ClN5O2. The molecule has 0 fully saturated rings.